The minimum absolute atomic E-state index is 0.0692. The first kappa shape index (κ1) is 20.5. The lowest BCUT2D eigenvalue weighted by atomic mass is 9.58. The van der Waals surface area contributed by atoms with Gasteiger partial charge in [-0.3, -0.25) is 0 Å². The van der Waals surface area contributed by atoms with Gasteiger partial charge in [-0.15, -0.1) is 0 Å². The number of para-hydroxylation sites is 1. The van der Waals surface area contributed by atoms with E-state index in [4.69, 9.17) is 24.0 Å². The summed E-state index contributed by atoms with van der Waals surface area (Å²) in [5.74, 6) is -0.554. The van der Waals surface area contributed by atoms with E-state index in [1.54, 1.807) is 6.07 Å². The number of hydrogen-bond acceptors (Lipinski definition) is 7. The summed E-state index contributed by atoms with van der Waals surface area (Å²) >= 11 is 0. The Labute approximate surface area is 187 Å². The zero-order chi connectivity index (χ0) is 22.1. The predicted octanol–water partition coefficient (Wildman–Crippen LogP) is 4.60. The third-order valence-corrected chi connectivity index (χ3v) is 8.13. The number of hydrogen-bond donors (Lipinski definition) is 0. The van der Waals surface area contributed by atoms with Crippen molar-refractivity contribution >= 4 is 16.9 Å². The number of fused-ring (bicyclic) bond motifs is 3. The molecule has 4 saturated heterocycles. The van der Waals surface area contributed by atoms with Crippen molar-refractivity contribution in [2.75, 3.05) is 0 Å². The summed E-state index contributed by atoms with van der Waals surface area (Å²) < 4.78 is 18.5. The maximum atomic E-state index is 13.0. The molecule has 5 fully saturated rings. The van der Waals surface area contributed by atoms with Gasteiger partial charge in [0.2, 0.25) is 12.1 Å². The number of carbonyl (C=O) groups is 1. The minimum Gasteiger partial charge on any atom is -0.431 e. The van der Waals surface area contributed by atoms with Crippen LogP contribution in [0, 0.1) is 23.7 Å². The minimum atomic E-state index is -0.855. The van der Waals surface area contributed by atoms with Gasteiger partial charge in [0.15, 0.2) is 11.9 Å². The lowest BCUT2D eigenvalue weighted by molar-refractivity contribution is -0.576. The average molecular weight is 440 g/mol. The van der Waals surface area contributed by atoms with Crippen LogP contribution in [0.2, 0.25) is 0 Å². The van der Waals surface area contributed by atoms with Crippen molar-refractivity contribution in [1.82, 2.24) is 4.98 Å². The van der Waals surface area contributed by atoms with Crippen molar-refractivity contribution < 1.29 is 28.8 Å². The van der Waals surface area contributed by atoms with Gasteiger partial charge < -0.3 is 14.2 Å². The number of carbonyl (C=O) groups excluding carboxylic acids is 1. The quantitative estimate of drug-likeness (QED) is 0.500. The molecule has 7 rings (SSSR count). The fourth-order valence-corrected chi connectivity index (χ4v) is 6.35. The second-order valence-electron chi connectivity index (χ2n) is 10.1. The molecule has 1 aromatic heterocycles. The Morgan fingerprint density at radius 1 is 1.06 bits per heavy atom. The van der Waals surface area contributed by atoms with Crippen LogP contribution < -0.4 is 0 Å². The van der Waals surface area contributed by atoms with Crippen LogP contribution in [0.5, 0.6) is 0 Å². The van der Waals surface area contributed by atoms with Crippen LogP contribution in [0.4, 0.5) is 0 Å². The van der Waals surface area contributed by atoms with Gasteiger partial charge in [0.1, 0.15) is 5.69 Å². The average Bonchev–Trinajstić information content (AvgIpc) is 3.03. The summed E-state index contributed by atoms with van der Waals surface area (Å²) in [6.45, 7) is 6.23. The van der Waals surface area contributed by atoms with Crippen molar-refractivity contribution in [3.63, 3.8) is 0 Å². The fraction of sp³-hybridized carbons (Fsp3) is 0.600. The molecule has 1 aliphatic carbocycles. The Balaban J connectivity index is 1.29. The lowest BCUT2D eigenvalue weighted by Gasteiger charge is -2.59. The first-order valence-corrected chi connectivity index (χ1v) is 11.7. The van der Waals surface area contributed by atoms with Crippen molar-refractivity contribution in [2.24, 2.45) is 23.7 Å². The Morgan fingerprint density at radius 3 is 2.78 bits per heavy atom. The van der Waals surface area contributed by atoms with Crippen LogP contribution in [0.25, 0.3) is 10.9 Å². The van der Waals surface area contributed by atoms with Gasteiger partial charge in [0.25, 0.3) is 0 Å². The first-order chi connectivity index (χ1) is 15.4. The zero-order valence-electron chi connectivity index (χ0n) is 18.7. The smallest absolute Gasteiger partial charge is 0.359 e. The van der Waals surface area contributed by atoms with E-state index in [1.165, 1.54) is 0 Å². The number of benzene rings is 1. The first-order valence-electron chi connectivity index (χ1n) is 11.7. The highest BCUT2D eigenvalue weighted by atomic mass is 17.3. The Hall–Kier alpha value is -2.06. The van der Waals surface area contributed by atoms with Crippen LogP contribution in [0.1, 0.15) is 56.9 Å². The molecule has 5 aliphatic rings. The zero-order valence-corrected chi connectivity index (χ0v) is 18.7. The molecule has 0 amide bonds. The molecule has 4 aliphatic heterocycles. The molecule has 7 nitrogen and oxygen atoms in total. The van der Waals surface area contributed by atoms with Crippen LogP contribution in [0.3, 0.4) is 0 Å². The van der Waals surface area contributed by atoms with Gasteiger partial charge in [-0.25, -0.2) is 19.6 Å². The maximum Gasteiger partial charge on any atom is 0.359 e. The summed E-state index contributed by atoms with van der Waals surface area (Å²) in [4.78, 5) is 29.5. The highest BCUT2D eigenvalue weighted by Gasteiger charge is 2.69. The third kappa shape index (κ3) is 2.95. The maximum absolute atomic E-state index is 13.0. The van der Waals surface area contributed by atoms with E-state index in [1.807, 2.05) is 37.3 Å². The molecule has 7 heteroatoms. The van der Waals surface area contributed by atoms with E-state index in [-0.39, 0.29) is 23.4 Å². The summed E-state index contributed by atoms with van der Waals surface area (Å²) in [6.07, 6.45) is 2.38. The van der Waals surface area contributed by atoms with E-state index >= 15 is 0 Å². The van der Waals surface area contributed by atoms with Gasteiger partial charge in [-0.05, 0) is 50.2 Å². The molecule has 1 aromatic carbocycles. The SMILES string of the molecule is C[C@H]1[C@@H](OC(=O)c2ccc3ccccc3n2)O[C@@H]2O[C@@]3(C)CC[C@H]4[C@H](C)CC[C@@H]1[C@@]24OO3. The Bertz CT molecular complexity index is 1060. The summed E-state index contributed by atoms with van der Waals surface area (Å²) in [5, 5.41) is 0.976. The predicted molar refractivity (Wildman–Crippen MR) is 114 cm³/mol. The monoisotopic (exact) mass is 439 g/mol. The van der Waals surface area contributed by atoms with E-state index in [2.05, 4.69) is 18.8 Å². The summed E-state index contributed by atoms with van der Waals surface area (Å²) in [5.41, 5.74) is 0.354. The molecule has 5 heterocycles. The molecular formula is C25H29NO6. The fourth-order valence-electron chi connectivity index (χ4n) is 6.35. The molecule has 1 saturated carbocycles. The van der Waals surface area contributed by atoms with Crippen LogP contribution >= 0.6 is 0 Å². The van der Waals surface area contributed by atoms with Crippen molar-refractivity contribution in [1.29, 1.82) is 0 Å². The molecule has 0 unspecified atom stereocenters. The number of nitrogens with zero attached hydrogens (tertiary/aromatic N) is 1. The highest BCUT2D eigenvalue weighted by Crippen LogP contribution is 2.60. The number of rotatable bonds is 2. The standard InChI is InChI=1S/C25H29NO6/c1-14-8-10-18-15(2)22(28-21(27)20-11-9-16-6-4-5-7-19(16)26-20)29-23-25(18)17(14)12-13-24(3,30-23)31-32-25/h4-7,9,11,14-15,17-18,22-23H,8,10,12-13H2,1-3H3/t14-,15-,17+,18+,22+,23-,24-,25-/m1/s1. The number of esters is 1. The van der Waals surface area contributed by atoms with Gasteiger partial charge in [-0.2, -0.15) is 0 Å². The van der Waals surface area contributed by atoms with Crippen LogP contribution in [0.15, 0.2) is 36.4 Å². The molecule has 2 aromatic rings. The lowest BCUT2D eigenvalue weighted by Crippen LogP contribution is -2.70. The molecule has 2 bridgehead atoms. The molecule has 32 heavy (non-hydrogen) atoms. The van der Waals surface area contributed by atoms with Gasteiger partial charge in [0.05, 0.1) is 5.52 Å². The molecule has 0 N–H and O–H groups in total. The van der Waals surface area contributed by atoms with Crippen molar-refractivity contribution in [3.05, 3.63) is 42.1 Å². The summed E-state index contributed by atoms with van der Waals surface area (Å²) in [7, 11) is 0. The number of pyridine rings is 1. The Morgan fingerprint density at radius 2 is 1.91 bits per heavy atom. The largest absolute Gasteiger partial charge is 0.431 e. The summed E-state index contributed by atoms with van der Waals surface area (Å²) in [6, 6.07) is 11.3. The second kappa shape index (κ2) is 7.22. The van der Waals surface area contributed by atoms with Crippen molar-refractivity contribution in [2.45, 2.75) is 70.4 Å². The Kier molecular flexibility index (Phi) is 4.63. The van der Waals surface area contributed by atoms with Crippen molar-refractivity contribution in [3.8, 4) is 0 Å². The number of aromatic nitrogens is 1. The molecule has 170 valence electrons. The third-order valence-electron chi connectivity index (χ3n) is 8.13. The normalized spacial score (nSPS) is 42.8. The van der Waals surface area contributed by atoms with Gasteiger partial charge in [-0.1, -0.05) is 38.1 Å². The number of ether oxygens (including phenoxy) is 3. The molecule has 8 atom stereocenters. The molecular weight excluding hydrogens is 410 g/mol. The second-order valence-corrected chi connectivity index (χ2v) is 10.1. The van der Waals surface area contributed by atoms with Gasteiger partial charge >= 0.3 is 5.97 Å². The van der Waals surface area contributed by atoms with Crippen LogP contribution in [-0.4, -0.2) is 34.9 Å². The van der Waals surface area contributed by atoms with Gasteiger partial charge in [0, 0.05) is 23.6 Å². The topological polar surface area (TPSA) is 76.1 Å². The van der Waals surface area contributed by atoms with Crippen LogP contribution in [-0.2, 0) is 24.0 Å². The molecule has 1 spiro atoms. The van der Waals surface area contributed by atoms with E-state index in [0.29, 0.717) is 5.92 Å². The van der Waals surface area contributed by atoms with E-state index < -0.39 is 29.9 Å². The van der Waals surface area contributed by atoms with E-state index in [0.717, 1.165) is 36.6 Å². The highest BCUT2D eigenvalue weighted by molar-refractivity contribution is 5.91. The van der Waals surface area contributed by atoms with E-state index in [9.17, 15) is 4.79 Å². The molecule has 0 radical (unpaired) electrons.